The maximum Gasteiger partial charge on any atom is 0.356 e. The highest BCUT2D eigenvalue weighted by atomic mass is 32.1. The van der Waals surface area contributed by atoms with E-state index in [0.29, 0.717) is 5.69 Å². The van der Waals surface area contributed by atoms with Gasteiger partial charge in [0, 0.05) is 6.20 Å². The molecule has 0 aliphatic heterocycles. The fraction of sp³-hybridized carbons (Fsp3) is 0.0714. The van der Waals surface area contributed by atoms with Crippen molar-refractivity contribution < 1.29 is 9.53 Å². The molecule has 0 radical (unpaired) electrons. The first-order chi connectivity index (χ1) is 9.28. The summed E-state index contributed by atoms with van der Waals surface area (Å²) in [5, 5.41) is 0. The lowest BCUT2D eigenvalue weighted by molar-refractivity contribution is 0.0594. The van der Waals surface area contributed by atoms with Gasteiger partial charge in [-0.25, -0.2) is 14.8 Å². The standard InChI is InChI=1S/C14H10N2O2S/c1-18-14(17)12-7-10(4-5-15-12)9-2-3-13-11(6-9)16-8-19-13/h2-8H,1H3. The first kappa shape index (κ1) is 11.8. The third-order valence-electron chi connectivity index (χ3n) is 2.82. The van der Waals surface area contributed by atoms with E-state index >= 15 is 0 Å². The molecular formula is C14H10N2O2S. The van der Waals surface area contributed by atoms with Crippen molar-refractivity contribution in [2.24, 2.45) is 0 Å². The second kappa shape index (κ2) is 4.78. The van der Waals surface area contributed by atoms with Gasteiger partial charge in [-0.05, 0) is 35.4 Å². The number of pyridine rings is 1. The van der Waals surface area contributed by atoms with E-state index in [2.05, 4.69) is 14.7 Å². The number of hydrogen-bond donors (Lipinski definition) is 0. The highest BCUT2D eigenvalue weighted by Gasteiger charge is 2.09. The van der Waals surface area contributed by atoms with Crippen LogP contribution in [0.2, 0.25) is 0 Å². The maximum atomic E-state index is 11.5. The maximum absolute atomic E-state index is 11.5. The summed E-state index contributed by atoms with van der Waals surface area (Å²) in [6, 6.07) is 9.62. The van der Waals surface area contributed by atoms with Crippen molar-refractivity contribution >= 4 is 27.5 Å². The van der Waals surface area contributed by atoms with Crippen molar-refractivity contribution in [1.29, 1.82) is 0 Å². The van der Waals surface area contributed by atoms with Crippen LogP contribution in [0.15, 0.2) is 42.0 Å². The van der Waals surface area contributed by atoms with E-state index in [1.807, 2.05) is 29.8 Å². The number of benzene rings is 1. The van der Waals surface area contributed by atoms with E-state index in [0.717, 1.165) is 21.3 Å². The van der Waals surface area contributed by atoms with Crippen molar-refractivity contribution in [1.82, 2.24) is 9.97 Å². The number of esters is 1. The van der Waals surface area contributed by atoms with E-state index in [1.54, 1.807) is 23.6 Å². The number of hydrogen-bond acceptors (Lipinski definition) is 5. The molecular weight excluding hydrogens is 260 g/mol. The molecule has 0 aliphatic rings. The lowest BCUT2D eigenvalue weighted by Gasteiger charge is -2.03. The summed E-state index contributed by atoms with van der Waals surface area (Å²) in [7, 11) is 1.35. The molecule has 0 aliphatic carbocycles. The van der Waals surface area contributed by atoms with Crippen molar-refractivity contribution in [3.8, 4) is 11.1 Å². The molecule has 0 amide bonds. The number of fused-ring (bicyclic) bond motifs is 1. The fourth-order valence-corrected chi connectivity index (χ4v) is 2.52. The summed E-state index contributed by atoms with van der Waals surface area (Å²) in [4.78, 5) is 19.8. The fourth-order valence-electron chi connectivity index (χ4n) is 1.86. The molecule has 0 saturated heterocycles. The molecule has 3 rings (SSSR count). The number of carbonyl (C=O) groups is 1. The van der Waals surface area contributed by atoms with Crippen molar-refractivity contribution in [2.75, 3.05) is 7.11 Å². The molecule has 19 heavy (non-hydrogen) atoms. The zero-order valence-corrected chi connectivity index (χ0v) is 11.0. The lowest BCUT2D eigenvalue weighted by Crippen LogP contribution is -2.03. The van der Waals surface area contributed by atoms with Crippen LogP contribution < -0.4 is 0 Å². The number of thiazole rings is 1. The van der Waals surface area contributed by atoms with Crippen LogP contribution in [0, 0.1) is 0 Å². The third-order valence-corrected chi connectivity index (χ3v) is 3.63. The molecule has 3 aromatic rings. The number of ether oxygens (including phenoxy) is 1. The summed E-state index contributed by atoms with van der Waals surface area (Å²) in [5.41, 5.74) is 5.01. The topological polar surface area (TPSA) is 52.1 Å². The van der Waals surface area contributed by atoms with Gasteiger partial charge in [-0.15, -0.1) is 11.3 Å². The van der Waals surface area contributed by atoms with Crippen LogP contribution in [0.3, 0.4) is 0 Å². The third kappa shape index (κ3) is 2.20. The summed E-state index contributed by atoms with van der Waals surface area (Å²) in [6.07, 6.45) is 1.60. The average Bonchev–Trinajstić information content (AvgIpc) is 2.94. The van der Waals surface area contributed by atoms with Gasteiger partial charge in [-0.2, -0.15) is 0 Å². The van der Waals surface area contributed by atoms with Gasteiger partial charge in [0.05, 0.1) is 22.8 Å². The van der Waals surface area contributed by atoms with Gasteiger partial charge in [0.2, 0.25) is 0 Å². The Labute approximate surface area is 113 Å². The highest BCUT2D eigenvalue weighted by Crippen LogP contribution is 2.26. The first-order valence-corrected chi connectivity index (χ1v) is 6.54. The predicted molar refractivity (Wildman–Crippen MR) is 74.2 cm³/mol. The van der Waals surface area contributed by atoms with E-state index in [4.69, 9.17) is 0 Å². The van der Waals surface area contributed by atoms with Crippen LogP contribution in [-0.2, 0) is 4.74 Å². The van der Waals surface area contributed by atoms with Gasteiger partial charge in [0.25, 0.3) is 0 Å². The zero-order chi connectivity index (χ0) is 13.2. The van der Waals surface area contributed by atoms with Crippen LogP contribution in [-0.4, -0.2) is 23.0 Å². The molecule has 0 fully saturated rings. The SMILES string of the molecule is COC(=O)c1cc(-c2ccc3scnc3c2)ccn1. The Kier molecular flexibility index (Phi) is 2.97. The molecule has 94 valence electrons. The summed E-state index contributed by atoms with van der Waals surface area (Å²) >= 11 is 1.61. The molecule has 0 N–H and O–H groups in total. The minimum Gasteiger partial charge on any atom is -0.464 e. The monoisotopic (exact) mass is 270 g/mol. The van der Waals surface area contributed by atoms with Gasteiger partial charge < -0.3 is 4.74 Å². The van der Waals surface area contributed by atoms with Gasteiger partial charge in [0.1, 0.15) is 5.69 Å². The van der Waals surface area contributed by atoms with Crippen LogP contribution in [0.25, 0.3) is 21.3 Å². The number of carbonyl (C=O) groups excluding carboxylic acids is 1. The largest absolute Gasteiger partial charge is 0.464 e. The van der Waals surface area contributed by atoms with Crippen LogP contribution in [0.4, 0.5) is 0 Å². The quantitative estimate of drug-likeness (QED) is 0.671. The zero-order valence-electron chi connectivity index (χ0n) is 10.2. The van der Waals surface area contributed by atoms with Crippen molar-refractivity contribution in [3.63, 3.8) is 0 Å². The normalized spacial score (nSPS) is 10.6. The summed E-state index contributed by atoms with van der Waals surface area (Å²) < 4.78 is 5.82. The Morgan fingerprint density at radius 3 is 2.84 bits per heavy atom. The molecule has 0 unspecified atom stereocenters. The van der Waals surface area contributed by atoms with Crippen LogP contribution >= 0.6 is 11.3 Å². The van der Waals surface area contributed by atoms with E-state index in [-0.39, 0.29) is 0 Å². The molecule has 1 aromatic carbocycles. The molecule has 4 nitrogen and oxygen atoms in total. The predicted octanol–water partition coefficient (Wildman–Crippen LogP) is 3.14. The smallest absolute Gasteiger partial charge is 0.356 e. The number of nitrogens with zero attached hydrogens (tertiary/aromatic N) is 2. The Balaban J connectivity index is 2.07. The second-order valence-electron chi connectivity index (χ2n) is 3.96. The number of rotatable bonds is 2. The van der Waals surface area contributed by atoms with Crippen LogP contribution in [0.1, 0.15) is 10.5 Å². The minimum atomic E-state index is -0.434. The van der Waals surface area contributed by atoms with E-state index < -0.39 is 5.97 Å². The highest BCUT2D eigenvalue weighted by molar-refractivity contribution is 7.16. The van der Waals surface area contributed by atoms with Crippen LogP contribution in [0.5, 0.6) is 0 Å². The number of methoxy groups -OCH3 is 1. The molecule has 0 atom stereocenters. The molecule has 0 bridgehead atoms. The molecule has 5 heteroatoms. The second-order valence-corrected chi connectivity index (χ2v) is 4.84. The van der Waals surface area contributed by atoms with Gasteiger partial charge in [-0.1, -0.05) is 6.07 Å². The summed E-state index contributed by atoms with van der Waals surface area (Å²) in [6.45, 7) is 0. The van der Waals surface area contributed by atoms with Crippen molar-refractivity contribution in [2.45, 2.75) is 0 Å². The summed E-state index contributed by atoms with van der Waals surface area (Å²) in [5.74, 6) is -0.434. The molecule has 0 saturated carbocycles. The first-order valence-electron chi connectivity index (χ1n) is 5.66. The molecule has 2 aromatic heterocycles. The Bertz CT molecular complexity index is 752. The lowest BCUT2D eigenvalue weighted by atomic mass is 10.1. The minimum absolute atomic E-state index is 0.304. The van der Waals surface area contributed by atoms with Crippen molar-refractivity contribution in [3.05, 3.63) is 47.7 Å². The Morgan fingerprint density at radius 1 is 1.16 bits per heavy atom. The Morgan fingerprint density at radius 2 is 2.00 bits per heavy atom. The van der Waals surface area contributed by atoms with Gasteiger partial charge >= 0.3 is 5.97 Å². The van der Waals surface area contributed by atoms with E-state index in [9.17, 15) is 4.79 Å². The van der Waals surface area contributed by atoms with E-state index in [1.165, 1.54) is 7.11 Å². The number of aromatic nitrogens is 2. The molecule has 2 heterocycles. The van der Waals surface area contributed by atoms with Gasteiger partial charge in [-0.3, -0.25) is 0 Å². The Hall–Kier alpha value is -2.27. The molecule has 0 spiro atoms. The van der Waals surface area contributed by atoms with Gasteiger partial charge in [0.15, 0.2) is 0 Å². The average molecular weight is 270 g/mol.